The highest BCUT2D eigenvalue weighted by molar-refractivity contribution is 6.06. The Balaban J connectivity index is 1.58. The maximum Gasteiger partial charge on any atom is 0.254 e. The van der Waals surface area contributed by atoms with E-state index in [1.54, 1.807) is 6.21 Å². The van der Waals surface area contributed by atoms with Gasteiger partial charge in [0.05, 0.1) is 18.1 Å². The molecule has 2 aliphatic carbocycles. The van der Waals surface area contributed by atoms with Gasteiger partial charge in [-0.25, -0.2) is 0 Å². The second kappa shape index (κ2) is 4.38. The van der Waals surface area contributed by atoms with Crippen LogP contribution in [0, 0.1) is 30.6 Å². The van der Waals surface area contributed by atoms with Crippen molar-refractivity contribution in [2.45, 2.75) is 13.3 Å². The number of hydrogen-bond donors (Lipinski definition) is 0. The average Bonchev–Trinajstić information content (AvgIpc) is 3.14. The number of allylic oxidation sites excluding steroid dienone is 2. The van der Waals surface area contributed by atoms with Gasteiger partial charge in [0.2, 0.25) is 0 Å². The van der Waals surface area contributed by atoms with Gasteiger partial charge in [-0.1, -0.05) is 42.0 Å². The lowest BCUT2D eigenvalue weighted by Gasteiger charge is -2.13. The van der Waals surface area contributed by atoms with Crippen molar-refractivity contribution >= 4 is 18.0 Å². The number of hydrogen-bond acceptors (Lipinski definition) is 3. The molecule has 4 rings (SSSR count). The molecular formula is C17H16N2O2. The molecule has 2 amide bonds. The van der Waals surface area contributed by atoms with Crippen LogP contribution in [-0.2, 0) is 9.59 Å². The predicted molar refractivity (Wildman–Crippen MR) is 78.3 cm³/mol. The van der Waals surface area contributed by atoms with Crippen molar-refractivity contribution in [1.82, 2.24) is 5.01 Å². The quantitative estimate of drug-likeness (QED) is 0.473. The van der Waals surface area contributed by atoms with Crippen molar-refractivity contribution in [3.05, 3.63) is 47.5 Å². The minimum atomic E-state index is -0.178. The fourth-order valence-electron chi connectivity index (χ4n) is 3.78. The lowest BCUT2D eigenvalue weighted by molar-refractivity contribution is -0.140. The highest BCUT2D eigenvalue weighted by Crippen LogP contribution is 2.52. The third kappa shape index (κ3) is 1.78. The summed E-state index contributed by atoms with van der Waals surface area (Å²) in [6, 6.07) is 7.81. The van der Waals surface area contributed by atoms with Crippen LogP contribution in [-0.4, -0.2) is 23.0 Å². The number of benzene rings is 1. The summed E-state index contributed by atoms with van der Waals surface area (Å²) in [5.74, 6) is -0.159. The first-order chi connectivity index (χ1) is 10.1. The summed E-state index contributed by atoms with van der Waals surface area (Å²) in [5, 5.41) is 5.23. The Morgan fingerprint density at radius 1 is 1.05 bits per heavy atom. The summed E-state index contributed by atoms with van der Waals surface area (Å²) < 4.78 is 0. The minimum absolute atomic E-state index is 0.134. The standard InChI is InChI=1S/C17H16N2O2/c1-10-2-4-11(5-3-10)9-18-19-16(20)14-12-6-7-13(8-12)15(14)17(19)21/h2-7,9,12-15H,8H2,1H3/b18-9-/t12-,13-,14-,15+/m0/s1. The number of aryl methyl sites for hydroxylation is 1. The summed E-state index contributed by atoms with van der Waals surface area (Å²) in [4.78, 5) is 24.8. The van der Waals surface area contributed by atoms with E-state index in [0.717, 1.165) is 22.6 Å². The van der Waals surface area contributed by atoms with Gasteiger partial charge in [-0.15, -0.1) is 0 Å². The third-order valence-electron chi connectivity index (χ3n) is 4.85. The van der Waals surface area contributed by atoms with Crippen LogP contribution >= 0.6 is 0 Å². The molecule has 0 radical (unpaired) electrons. The molecule has 0 unspecified atom stereocenters. The average molecular weight is 280 g/mol. The van der Waals surface area contributed by atoms with E-state index in [1.165, 1.54) is 0 Å². The summed E-state index contributed by atoms with van der Waals surface area (Å²) in [5.41, 5.74) is 2.05. The van der Waals surface area contributed by atoms with E-state index < -0.39 is 0 Å². The van der Waals surface area contributed by atoms with Gasteiger partial charge in [-0.2, -0.15) is 10.1 Å². The first-order valence-corrected chi connectivity index (χ1v) is 7.32. The van der Waals surface area contributed by atoms with E-state index in [0.29, 0.717) is 0 Å². The van der Waals surface area contributed by atoms with Gasteiger partial charge in [0, 0.05) is 0 Å². The number of amides is 2. The van der Waals surface area contributed by atoms with Gasteiger partial charge in [0.25, 0.3) is 11.8 Å². The maximum atomic E-state index is 12.4. The van der Waals surface area contributed by atoms with Crippen molar-refractivity contribution < 1.29 is 9.59 Å². The van der Waals surface area contributed by atoms with Crippen LogP contribution in [0.1, 0.15) is 17.5 Å². The number of carbonyl (C=O) groups excluding carboxylic acids is 2. The van der Waals surface area contributed by atoms with Crippen molar-refractivity contribution in [1.29, 1.82) is 0 Å². The highest BCUT2D eigenvalue weighted by atomic mass is 16.2. The molecule has 0 N–H and O–H groups in total. The maximum absolute atomic E-state index is 12.4. The van der Waals surface area contributed by atoms with Crippen LogP contribution in [0.4, 0.5) is 0 Å². The van der Waals surface area contributed by atoms with Gasteiger partial charge >= 0.3 is 0 Å². The monoisotopic (exact) mass is 280 g/mol. The van der Waals surface area contributed by atoms with E-state index in [-0.39, 0.29) is 35.5 Å². The normalized spacial score (nSPS) is 33.5. The van der Waals surface area contributed by atoms with Gasteiger partial charge in [-0.3, -0.25) is 9.59 Å². The lowest BCUT2D eigenvalue weighted by atomic mass is 9.85. The summed E-state index contributed by atoms with van der Waals surface area (Å²) in [7, 11) is 0. The first-order valence-electron chi connectivity index (χ1n) is 7.32. The van der Waals surface area contributed by atoms with Crippen molar-refractivity contribution in [3.8, 4) is 0 Å². The highest BCUT2D eigenvalue weighted by Gasteiger charge is 2.59. The Kier molecular flexibility index (Phi) is 2.61. The Labute approximate surface area is 123 Å². The van der Waals surface area contributed by atoms with E-state index >= 15 is 0 Å². The van der Waals surface area contributed by atoms with Gasteiger partial charge in [0.1, 0.15) is 0 Å². The first kappa shape index (κ1) is 12.5. The molecule has 1 saturated heterocycles. The van der Waals surface area contributed by atoms with Crippen molar-refractivity contribution in [2.75, 3.05) is 0 Å². The van der Waals surface area contributed by atoms with Crippen LogP contribution in [0.15, 0.2) is 41.5 Å². The molecule has 21 heavy (non-hydrogen) atoms. The predicted octanol–water partition coefficient (Wildman–Crippen LogP) is 2.14. The van der Waals surface area contributed by atoms with Crippen molar-refractivity contribution in [2.24, 2.45) is 28.8 Å². The molecule has 106 valence electrons. The van der Waals surface area contributed by atoms with Crippen LogP contribution < -0.4 is 0 Å². The zero-order chi connectivity index (χ0) is 14.6. The number of imide groups is 1. The van der Waals surface area contributed by atoms with Gasteiger partial charge in [0.15, 0.2) is 0 Å². The Hall–Kier alpha value is -2.23. The number of nitrogens with zero attached hydrogens (tertiary/aromatic N) is 2. The number of hydrazone groups is 1. The molecule has 3 aliphatic rings. The molecule has 2 bridgehead atoms. The topological polar surface area (TPSA) is 49.7 Å². The molecule has 2 fully saturated rings. The zero-order valence-electron chi connectivity index (χ0n) is 11.8. The molecule has 1 heterocycles. The Bertz CT molecular complexity index is 645. The second-order valence-corrected chi connectivity index (χ2v) is 6.14. The number of carbonyl (C=O) groups is 2. The number of rotatable bonds is 2. The lowest BCUT2D eigenvalue weighted by Crippen LogP contribution is -2.28. The third-order valence-corrected chi connectivity index (χ3v) is 4.85. The van der Waals surface area contributed by atoms with Crippen molar-refractivity contribution in [3.63, 3.8) is 0 Å². The fourth-order valence-corrected chi connectivity index (χ4v) is 3.78. The summed E-state index contributed by atoms with van der Waals surface area (Å²) in [6.07, 6.45) is 6.71. The van der Waals surface area contributed by atoms with Crippen LogP contribution in [0.25, 0.3) is 0 Å². The van der Waals surface area contributed by atoms with Crippen LogP contribution in [0.2, 0.25) is 0 Å². The number of fused-ring (bicyclic) bond motifs is 5. The second-order valence-electron chi connectivity index (χ2n) is 6.14. The molecular weight excluding hydrogens is 264 g/mol. The summed E-state index contributed by atoms with van der Waals surface area (Å²) >= 11 is 0. The van der Waals surface area contributed by atoms with E-state index in [1.807, 2.05) is 31.2 Å². The largest absolute Gasteiger partial charge is 0.272 e. The molecule has 1 saturated carbocycles. The molecule has 4 nitrogen and oxygen atoms in total. The molecule has 0 aromatic heterocycles. The Morgan fingerprint density at radius 2 is 1.62 bits per heavy atom. The fraction of sp³-hybridized carbons (Fsp3) is 0.353. The summed E-state index contributed by atoms with van der Waals surface area (Å²) in [6.45, 7) is 2.01. The zero-order valence-corrected chi connectivity index (χ0v) is 11.8. The smallest absolute Gasteiger partial charge is 0.254 e. The molecule has 1 aromatic carbocycles. The van der Waals surface area contributed by atoms with E-state index in [4.69, 9.17) is 0 Å². The molecule has 0 spiro atoms. The molecule has 1 aromatic rings. The molecule has 1 aliphatic heterocycles. The molecule has 4 heteroatoms. The van der Waals surface area contributed by atoms with Crippen LogP contribution in [0.5, 0.6) is 0 Å². The van der Waals surface area contributed by atoms with Gasteiger partial charge in [-0.05, 0) is 30.7 Å². The minimum Gasteiger partial charge on any atom is -0.272 e. The Morgan fingerprint density at radius 3 is 2.19 bits per heavy atom. The van der Waals surface area contributed by atoms with Gasteiger partial charge < -0.3 is 0 Å². The SMILES string of the molecule is Cc1ccc(/C=N\N2C(=O)[C@@H]3[C@H](C2=O)[C@H]2C=C[C@H]3C2)cc1. The van der Waals surface area contributed by atoms with E-state index in [9.17, 15) is 9.59 Å². The van der Waals surface area contributed by atoms with E-state index in [2.05, 4.69) is 17.3 Å². The molecule has 4 atom stereocenters. The van der Waals surface area contributed by atoms with Crippen LogP contribution in [0.3, 0.4) is 0 Å².